The van der Waals surface area contributed by atoms with Crippen molar-refractivity contribution in [3.8, 4) is 5.95 Å². The number of carbonyl (C=O) groups is 1. The predicted molar refractivity (Wildman–Crippen MR) is 200 cm³/mol. The molecule has 30 heteroatoms. The molecule has 0 radical (unpaired) electrons. The van der Waals surface area contributed by atoms with Gasteiger partial charge in [-0.15, -0.1) is 33.4 Å². The summed E-state index contributed by atoms with van der Waals surface area (Å²) in [6.45, 7) is -0.322. The van der Waals surface area contributed by atoms with Gasteiger partial charge in [-0.3, -0.25) is 13.5 Å². The Balaban J connectivity index is 1.45. The number of hydrogen-bond donors (Lipinski definition) is 7. The molecule has 0 unspecified atom stereocenters. The van der Waals surface area contributed by atoms with Crippen LogP contribution in [0, 0.1) is 6.08 Å². The van der Waals surface area contributed by atoms with E-state index < -0.39 is 54.0 Å². The fourth-order valence-corrected chi connectivity index (χ4v) is 6.95. The average Bonchev–Trinajstić information content (AvgIpc) is 3.19. The highest BCUT2D eigenvalue weighted by Gasteiger charge is 2.23. The number of sulfone groups is 1. The van der Waals surface area contributed by atoms with Crippen LogP contribution in [0.2, 0.25) is 0 Å². The number of pyridine rings is 1. The van der Waals surface area contributed by atoms with Crippen molar-refractivity contribution in [2.45, 2.75) is 14.7 Å². The van der Waals surface area contributed by atoms with Crippen LogP contribution in [-0.4, -0.2) is 65.1 Å². The third kappa shape index (κ3) is 11.8. The molecule has 59 heavy (non-hydrogen) atoms. The molecule has 0 aliphatic heterocycles. The number of rotatable bonds is 19. The van der Waals surface area contributed by atoms with Crippen LogP contribution >= 0.6 is 24.4 Å². The maximum Gasteiger partial charge on any atom is 0.445 e. The zero-order valence-corrected chi connectivity index (χ0v) is 32.4. The number of amides is 1. The van der Waals surface area contributed by atoms with Crippen LogP contribution in [0.5, 0.6) is 0 Å². The Morgan fingerprint density at radius 1 is 0.864 bits per heavy atom. The number of carbonyl (C=O) groups excluding carboxylic acids is 1. The van der Waals surface area contributed by atoms with E-state index in [2.05, 4.69) is 59.5 Å². The van der Waals surface area contributed by atoms with Gasteiger partial charge in [-0.25, -0.2) is 23.5 Å². The molecule has 10 N–H and O–H groups in total. The highest BCUT2D eigenvalue weighted by Crippen LogP contribution is 2.44. The molecule has 5 rings (SSSR count). The van der Waals surface area contributed by atoms with E-state index in [9.17, 15) is 30.6 Å². The summed E-state index contributed by atoms with van der Waals surface area (Å²) in [6, 6.07) is 12.6. The van der Waals surface area contributed by atoms with Crippen LogP contribution in [-0.2, 0) is 42.9 Å². The smallest absolute Gasteiger partial charge is 0.396 e. The van der Waals surface area contributed by atoms with Gasteiger partial charge in [0.2, 0.25) is 5.91 Å². The molecular weight excluding hydrogens is 872 g/mol. The lowest BCUT2D eigenvalue weighted by Crippen LogP contribution is -2.33. The first-order chi connectivity index (χ1) is 28.1. The van der Waals surface area contributed by atoms with E-state index in [1.165, 1.54) is 71.6 Å². The Morgan fingerprint density at radius 3 is 2.22 bits per heavy atom. The lowest BCUT2D eigenvalue weighted by Gasteiger charge is -2.11. The normalized spacial score (nSPS) is 12.1. The molecule has 0 atom stereocenters. The van der Waals surface area contributed by atoms with Crippen molar-refractivity contribution in [1.82, 2.24) is 15.0 Å². The van der Waals surface area contributed by atoms with Crippen molar-refractivity contribution in [1.29, 1.82) is 0 Å². The number of azo groups is 2. The third-order valence-corrected chi connectivity index (χ3v) is 10.8. The lowest BCUT2D eigenvalue weighted by molar-refractivity contribution is -0.603. The molecule has 0 saturated heterocycles. The van der Waals surface area contributed by atoms with Crippen molar-refractivity contribution in [2.75, 3.05) is 29.1 Å². The van der Waals surface area contributed by atoms with Crippen molar-refractivity contribution in [3.05, 3.63) is 84.7 Å². The number of nitrogen functional groups attached to an aromatic ring is 2. The Morgan fingerprint density at radius 2 is 1.56 bits per heavy atom. The van der Waals surface area contributed by atoms with Gasteiger partial charge in [-0.05, 0) is 70.6 Å². The summed E-state index contributed by atoms with van der Waals surface area (Å²) >= 11 is 0.663. The van der Waals surface area contributed by atoms with Gasteiger partial charge >= 0.3 is 18.0 Å². The first-order valence-electron chi connectivity index (χ1n) is 15.5. The summed E-state index contributed by atoms with van der Waals surface area (Å²) in [5.41, 5.74) is 16.1. The zero-order chi connectivity index (χ0) is 42.7. The molecule has 0 aliphatic carbocycles. The monoisotopic (exact) mass is 897 g/mol. The molecule has 310 valence electrons. The number of nitrogens with one attached hydrogen (secondary N) is 1. The number of benzene rings is 3. The number of halogens is 1. The minimum atomic E-state index is -5.03. The molecule has 0 saturated carbocycles. The van der Waals surface area contributed by atoms with Crippen LogP contribution < -0.4 is 27.1 Å². The zero-order valence-electron chi connectivity index (χ0n) is 29.1. The number of nitrogens with zero attached hydrogens (tertiary/aromatic N) is 8. The molecule has 25 nitrogen and oxygen atoms in total. The van der Waals surface area contributed by atoms with E-state index in [1.807, 2.05) is 0 Å². The van der Waals surface area contributed by atoms with Crippen LogP contribution in [0.4, 0.5) is 50.2 Å². The molecular formula is C29H26FN12O13S4+. The maximum absolute atomic E-state index is 14.5. The Labute approximate surface area is 339 Å². The molecule has 0 spiro atoms. The number of aromatic nitrogens is 4. The van der Waals surface area contributed by atoms with Crippen LogP contribution in [0.25, 0.3) is 5.95 Å². The van der Waals surface area contributed by atoms with Crippen molar-refractivity contribution >= 4 is 96.0 Å². The fourth-order valence-electron chi connectivity index (χ4n) is 4.49. The minimum Gasteiger partial charge on any atom is -0.396 e. The molecule has 0 fully saturated rings. The van der Waals surface area contributed by atoms with Crippen LogP contribution in [0.15, 0.2) is 108 Å². The second-order valence-electron chi connectivity index (χ2n) is 10.9. The van der Waals surface area contributed by atoms with E-state index >= 15 is 0 Å². The lowest BCUT2D eigenvalue weighted by atomic mass is 10.2. The van der Waals surface area contributed by atoms with Gasteiger partial charge in [0.15, 0.2) is 22.2 Å². The molecule has 3 aromatic carbocycles. The number of anilines is 4. The summed E-state index contributed by atoms with van der Waals surface area (Å²) in [5, 5.41) is 42.6. The standard InChI is InChI=1S/C29H25FN12O13S4/c30-27-35-28(37-29(36-27)42-9-7-15(8-10-42)26(33)43)34-17-3-6-21(56-54-52-44)19(13-17)39-41-25-23(31)20(14-22(24(25)32)59(48,49)50)40-38-16-1-4-18(5-2-16)58(46,47)12-11-51-57-55-53-45/h1-10,13-14H,11-12,31-32H2,(H5-,33,34,35,36,37,43,44,45,48,49,50)/p+1. The van der Waals surface area contributed by atoms with Gasteiger partial charge in [-0.2, -0.15) is 13.5 Å². The summed E-state index contributed by atoms with van der Waals surface area (Å²) in [6.07, 6.45) is 1.57. The summed E-state index contributed by atoms with van der Waals surface area (Å²) in [5.74, 6) is -1.62. The van der Waals surface area contributed by atoms with Crippen molar-refractivity contribution < 1.29 is 68.6 Å². The Hall–Kier alpha value is -5.90. The quantitative estimate of drug-likeness (QED) is 0.00871. The van der Waals surface area contributed by atoms with Gasteiger partial charge in [0.25, 0.3) is 10.1 Å². The first-order valence-corrected chi connectivity index (χ1v) is 20.0. The summed E-state index contributed by atoms with van der Waals surface area (Å²) < 4.78 is 88.8. The van der Waals surface area contributed by atoms with Gasteiger partial charge < -0.3 is 22.5 Å². The largest absolute Gasteiger partial charge is 0.445 e. The molecule has 2 heterocycles. The van der Waals surface area contributed by atoms with E-state index in [4.69, 9.17) is 31.9 Å². The second kappa shape index (κ2) is 19.7. The summed E-state index contributed by atoms with van der Waals surface area (Å²) in [4.78, 5) is 22.0. The predicted octanol–water partition coefficient (Wildman–Crippen LogP) is 4.57. The van der Waals surface area contributed by atoms with E-state index in [0.29, 0.717) is 12.0 Å². The molecule has 1 amide bonds. The Kier molecular flexibility index (Phi) is 14.8. The second-order valence-corrected chi connectivity index (χ2v) is 15.7. The molecule has 2 aromatic heterocycles. The molecule has 0 aliphatic rings. The molecule has 5 aromatic rings. The van der Waals surface area contributed by atoms with Gasteiger partial charge in [-0.1, -0.05) is 10.1 Å². The van der Waals surface area contributed by atoms with Crippen LogP contribution in [0.1, 0.15) is 10.4 Å². The van der Waals surface area contributed by atoms with Gasteiger partial charge in [0.05, 0.1) is 63.6 Å². The average molecular weight is 898 g/mol. The summed E-state index contributed by atoms with van der Waals surface area (Å²) in [7, 11) is -8.86. The molecule has 0 bridgehead atoms. The highest BCUT2D eigenvalue weighted by molar-refractivity contribution is 7.94. The van der Waals surface area contributed by atoms with E-state index in [-0.39, 0.29) is 74.6 Å². The van der Waals surface area contributed by atoms with E-state index in [1.54, 1.807) is 0 Å². The number of nitrogens with two attached hydrogens (primary N) is 3. The highest BCUT2D eigenvalue weighted by atomic mass is 32.2. The van der Waals surface area contributed by atoms with Crippen LogP contribution in [0.3, 0.4) is 0 Å². The Bertz CT molecular complexity index is 2610. The SMILES string of the molecule is NC(=O)c1cc[n+](-c2nc(F)nc(Nc3ccc(SOOO)c(N=Nc4c(N)c(N=Nc5ccc(S(=O)(=O)CCOSOOO)cc5)cc(S(=O)(=O)O)c4N)c3)n2)cc1. The fraction of sp³-hybridized carbons (Fsp3) is 0.0690. The topological polar surface area (TPSA) is 374 Å². The number of primary amides is 1. The third-order valence-electron chi connectivity index (χ3n) is 7.18. The van der Waals surface area contributed by atoms with Gasteiger partial charge in [0, 0.05) is 11.3 Å². The minimum absolute atomic E-state index is 0.0823. The van der Waals surface area contributed by atoms with Crippen molar-refractivity contribution in [2.24, 2.45) is 26.2 Å². The maximum atomic E-state index is 14.5. The number of hydrogen-bond acceptors (Lipinski definition) is 24. The first kappa shape index (κ1) is 44.2. The van der Waals surface area contributed by atoms with E-state index in [0.717, 1.165) is 6.07 Å². The van der Waals surface area contributed by atoms with Gasteiger partial charge in [0.1, 0.15) is 22.0 Å². The van der Waals surface area contributed by atoms with Crippen molar-refractivity contribution in [3.63, 3.8) is 0 Å².